The second-order valence-corrected chi connectivity index (χ2v) is 9.63. The highest BCUT2D eigenvalue weighted by molar-refractivity contribution is 7.89. The van der Waals surface area contributed by atoms with Crippen molar-refractivity contribution in [2.45, 2.75) is 18.2 Å². The van der Waals surface area contributed by atoms with Crippen LogP contribution in [0.15, 0.2) is 64.1 Å². The minimum atomic E-state index is -3.59. The lowest BCUT2D eigenvalue weighted by Gasteiger charge is -2.33. The number of sulfonamides is 1. The SMILES string of the molecule is Cc1ccc2c(CC(=O)OCC(=O)N3CCN(S(=O)(=O)c4ccccc4)CC3)coc2c1. The van der Waals surface area contributed by atoms with Crippen molar-refractivity contribution < 1.29 is 27.2 Å². The van der Waals surface area contributed by atoms with Crippen LogP contribution in [0.25, 0.3) is 11.0 Å². The number of esters is 1. The number of hydrogen-bond donors (Lipinski definition) is 0. The molecule has 1 fully saturated rings. The topological polar surface area (TPSA) is 97.1 Å². The summed E-state index contributed by atoms with van der Waals surface area (Å²) in [5.41, 5.74) is 2.47. The maximum atomic E-state index is 12.7. The Hall–Kier alpha value is -3.17. The highest BCUT2D eigenvalue weighted by atomic mass is 32.2. The van der Waals surface area contributed by atoms with Gasteiger partial charge in [-0.05, 0) is 30.7 Å². The molecule has 0 atom stereocenters. The van der Waals surface area contributed by atoms with Gasteiger partial charge in [0.2, 0.25) is 10.0 Å². The van der Waals surface area contributed by atoms with Gasteiger partial charge in [0.15, 0.2) is 6.61 Å². The molecule has 1 aliphatic heterocycles. The van der Waals surface area contributed by atoms with Gasteiger partial charge in [-0.25, -0.2) is 8.42 Å². The van der Waals surface area contributed by atoms with Gasteiger partial charge in [0.05, 0.1) is 17.6 Å². The first-order valence-corrected chi connectivity index (χ1v) is 11.7. The zero-order valence-corrected chi connectivity index (χ0v) is 18.5. The molecule has 0 aliphatic carbocycles. The molecule has 1 amide bonds. The predicted molar refractivity (Wildman–Crippen MR) is 117 cm³/mol. The highest BCUT2D eigenvalue weighted by Crippen LogP contribution is 2.23. The van der Waals surface area contributed by atoms with Crippen LogP contribution in [-0.2, 0) is 30.8 Å². The molecule has 8 nitrogen and oxygen atoms in total. The zero-order chi connectivity index (χ0) is 22.7. The molecule has 0 bridgehead atoms. The fourth-order valence-corrected chi connectivity index (χ4v) is 5.13. The van der Waals surface area contributed by atoms with E-state index in [4.69, 9.17) is 9.15 Å². The van der Waals surface area contributed by atoms with Gasteiger partial charge in [0.1, 0.15) is 5.58 Å². The molecule has 4 rings (SSSR count). The summed E-state index contributed by atoms with van der Waals surface area (Å²) in [7, 11) is -3.59. The molecule has 0 saturated carbocycles. The molecule has 0 N–H and O–H groups in total. The van der Waals surface area contributed by atoms with E-state index in [0.29, 0.717) is 11.1 Å². The smallest absolute Gasteiger partial charge is 0.310 e. The first kappa shape index (κ1) is 22.0. The van der Waals surface area contributed by atoms with Crippen LogP contribution in [0.2, 0.25) is 0 Å². The van der Waals surface area contributed by atoms with E-state index in [1.54, 1.807) is 30.3 Å². The van der Waals surface area contributed by atoms with Crippen molar-refractivity contribution in [3.05, 3.63) is 65.9 Å². The Balaban J connectivity index is 1.27. The number of rotatable bonds is 6. The second kappa shape index (κ2) is 9.13. The monoisotopic (exact) mass is 456 g/mol. The van der Waals surface area contributed by atoms with Gasteiger partial charge < -0.3 is 14.1 Å². The molecule has 0 spiro atoms. The van der Waals surface area contributed by atoms with E-state index in [1.807, 2.05) is 25.1 Å². The van der Waals surface area contributed by atoms with Crippen LogP contribution in [0.3, 0.4) is 0 Å². The van der Waals surface area contributed by atoms with Crippen LogP contribution >= 0.6 is 0 Å². The number of carbonyl (C=O) groups excluding carboxylic acids is 2. The molecule has 9 heteroatoms. The van der Waals surface area contributed by atoms with Gasteiger partial charge in [0.25, 0.3) is 5.91 Å². The van der Waals surface area contributed by atoms with Crippen LogP contribution in [0.5, 0.6) is 0 Å². The molecular formula is C23H24N2O6S. The van der Waals surface area contributed by atoms with E-state index in [2.05, 4.69) is 0 Å². The summed E-state index contributed by atoms with van der Waals surface area (Å²) in [6, 6.07) is 13.9. The van der Waals surface area contributed by atoms with E-state index in [-0.39, 0.29) is 50.0 Å². The van der Waals surface area contributed by atoms with Crippen LogP contribution < -0.4 is 0 Å². The summed E-state index contributed by atoms with van der Waals surface area (Å²) in [6.07, 6.45) is 1.53. The molecule has 0 radical (unpaired) electrons. The molecule has 1 aliphatic rings. The van der Waals surface area contributed by atoms with Crippen LogP contribution in [0.1, 0.15) is 11.1 Å². The van der Waals surface area contributed by atoms with Crippen molar-refractivity contribution >= 4 is 32.9 Å². The van der Waals surface area contributed by atoms with E-state index in [9.17, 15) is 18.0 Å². The Labute approximate surface area is 186 Å². The molecule has 2 heterocycles. The quantitative estimate of drug-likeness (QED) is 0.529. The number of ether oxygens (including phenoxy) is 1. The summed E-state index contributed by atoms with van der Waals surface area (Å²) in [5.74, 6) is -0.866. The third-order valence-electron chi connectivity index (χ3n) is 5.47. The Morgan fingerprint density at radius 1 is 1.03 bits per heavy atom. The number of benzene rings is 2. The number of furan rings is 1. The van der Waals surface area contributed by atoms with Crippen molar-refractivity contribution in [2.24, 2.45) is 0 Å². The molecule has 1 saturated heterocycles. The minimum Gasteiger partial charge on any atom is -0.464 e. The molecular weight excluding hydrogens is 432 g/mol. The Morgan fingerprint density at radius 3 is 2.47 bits per heavy atom. The average molecular weight is 457 g/mol. The van der Waals surface area contributed by atoms with E-state index in [0.717, 1.165) is 10.9 Å². The summed E-state index contributed by atoms with van der Waals surface area (Å²) in [6.45, 7) is 2.45. The third kappa shape index (κ3) is 4.68. The maximum Gasteiger partial charge on any atom is 0.310 e. The van der Waals surface area contributed by atoms with Gasteiger partial charge in [-0.3, -0.25) is 9.59 Å². The number of amides is 1. The number of carbonyl (C=O) groups is 2. The van der Waals surface area contributed by atoms with Crippen molar-refractivity contribution in [3.8, 4) is 0 Å². The van der Waals surface area contributed by atoms with Crippen molar-refractivity contribution in [1.29, 1.82) is 0 Å². The predicted octanol–water partition coefficient (Wildman–Crippen LogP) is 2.36. The standard InChI is InChI=1S/C23H24N2O6S/c1-17-7-8-20-18(15-30-21(20)13-17)14-23(27)31-16-22(26)24-9-11-25(12-10-24)32(28,29)19-5-3-2-4-6-19/h2-8,13,15H,9-12,14,16H2,1H3. The van der Waals surface area contributed by atoms with Crippen LogP contribution in [0.4, 0.5) is 0 Å². The molecule has 32 heavy (non-hydrogen) atoms. The van der Waals surface area contributed by atoms with Crippen LogP contribution in [-0.4, -0.2) is 62.3 Å². The van der Waals surface area contributed by atoms with E-state index in [1.165, 1.54) is 15.5 Å². The molecule has 2 aromatic carbocycles. The number of nitrogens with zero attached hydrogens (tertiary/aromatic N) is 2. The van der Waals surface area contributed by atoms with Gasteiger partial charge in [-0.15, -0.1) is 0 Å². The summed E-state index contributed by atoms with van der Waals surface area (Å²) in [4.78, 5) is 26.4. The normalized spacial score (nSPS) is 15.1. The van der Waals surface area contributed by atoms with E-state index < -0.39 is 16.0 Å². The fourth-order valence-electron chi connectivity index (χ4n) is 3.69. The number of fused-ring (bicyclic) bond motifs is 1. The minimum absolute atomic E-state index is 0.00639. The largest absolute Gasteiger partial charge is 0.464 e. The Bertz CT molecular complexity index is 1230. The maximum absolute atomic E-state index is 12.7. The first-order chi connectivity index (χ1) is 15.3. The highest BCUT2D eigenvalue weighted by Gasteiger charge is 2.30. The second-order valence-electron chi connectivity index (χ2n) is 7.70. The molecule has 1 aromatic heterocycles. The van der Waals surface area contributed by atoms with Crippen molar-refractivity contribution in [3.63, 3.8) is 0 Å². The summed E-state index contributed by atoms with van der Waals surface area (Å²) < 4.78 is 37.4. The molecule has 0 unspecified atom stereocenters. The molecule has 3 aromatic rings. The fraction of sp³-hybridized carbons (Fsp3) is 0.304. The van der Waals surface area contributed by atoms with Gasteiger partial charge in [-0.1, -0.05) is 30.3 Å². The van der Waals surface area contributed by atoms with E-state index >= 15 is 0 Å². The summed E-state index contributed by atoms with van der Waals surface area (Å²) >= 11 is 0. The number of hydrogen-bond acceptors (Lipinski definition) is 6. The molecule has 168 valence electrons. The third-order valence-corrected chi connectivity index (χ3v) is 7.39. The van der Waals surface area contributed by atoms with Crippen molar-refractivity contribution in [1.82, 2.24) is 9.21 Å². The average Bonchev–Trinajstić information content (AvgIpc) is 3.19. The Morgan fingerprint density at radius 2 is 1.75 bits per heavy atom. The summed E-state index contributed by atoms with van der Waals surface area (Å²) in [5, 5.41) is 0.842. The number of aryl methyl sites for hydroxylation is 1. The van der Waals surface area contributed by atoms with Crippen molar-refractivity contribution in [2.75, 3.05) is 32.8 Å². The van der Waals surface area contributed by atoms with Gasteiger partial charge >= 0.3 is 5.97 Å². The Kier molecular flexibility index (Phi) is 6.29. The lowest BCUT2D eigenvalue weighted by atomic mass is 10.1. The number of piperazine rings is 1. The zero-order valence-electron chi connectivity index (χ0n) is 17.7. The van der Waals surface area contributed by atoms with Crippen LogP contribution in [0, 0.1) is 6.92 Å². The van der Waals surface area contributed by atoms with Gasteiger partial charge in [-0.2, -0.15) is 4.31 Å². The lowest BCUT2D eigenvalue weighted by Crippen LogP contribution is -2.51. The lowest BCUT2D eigenvalue weighted by molar-refractivity contribution is -0.152. The van der Waals surface area contributed by atoms with Gasteiger partial charge in [0, 0.05) is 37.1 Å². The first-order valence-electron chi connectivity index (χ1n) is 10.3.